The highest BCUT2D eigenvalue weighted by Crippen LogP contribution is 2.31. The summed E-state index contributed by atoms with van der Waals surface area (Å²) in [6, 6.07) is 32.3. The van der Waals surface area contributed by atoms with Crippen LogP contribution in [0.5, 0.6) is 17.2 Å². The van der Waals surface area contributed by atoms with Crippen molar-refractivity contribution in [2.45, 2.75) is 33.4 Å². The molecule has 0 bridgehead atoms. The fourth-order valence-electron chi connectivity index (χ4n) is 4.79. The minimum atomic E-state index is 0.593. The van der Waals surface area contributed by atoms with Crippen molar-refractivity contribution in [2.75, 3.05) is 22.5 Å². The lowest BCUT2D eigenvalue weighted by Crippen LogP contribution is -2.23. The maximum Gasteiger partial charge on any atom is 0.131 e. The van der Waals surface area contributed by atoms with E-state index >= 15 is 0 Å². The zero-order valence-corrected chi connectivity index (χ0v) is 26.2. The van der Waals surface area contributed by atoms with E-state index in [-0.39, 0.29) is 0 Å². The molecular formula is C35H34N4O2S2. The molecule has 1 heterocycles. The Labute approximate surface area is 262 Å². The summed E-state index contributed by atoms with van der Waals surface area (Å²) in [5.41, 5.74) is 9.37. The Morgan fingerprint density at radius 2 is 1.58 bits per heavy atom. The van der Waals surface area contributed by atoms with Crippen molar-refractivity contribution >= 4 is 34.7 Å². The second kappa shape index (κ2) is 14.6. The van der Waals surface area contributed by atoms with Gasteiger partial charge >= 0.3 is 0 Å². The van der Waals surface area contributed by atoms with E-state index in [1.807, 2.05) is 79.4 Å². The summed E-state index contributed by atoms with van der Waals surface area (Å²) in [4.78, 5) is 7.93. The molecule has 43 heavy (non-hydrogen) atoms. The van der Waals surface area contributed by atoms with Gasteiger partial charge in [-0.15, -0.1) is 11.3 Å². The number of thiazole rings is 1. The third-order valence-corrected chi connectivity index (χ3v) is 8.51. The molecule has 218 valence electrons. The molecule has 6 nitrogen and oxygen atoms in total. The van der Waals surface area contributed by atoms with E-state index in [0.29, 0.717) is 25.3 Å². The zero-order chi connectivity index (χ0) is 30.0. The number of rotatable bonds is 13. The first-order chi connectivity index (χ1) is 21.0. The molecule has 5 rings (SSSR count). The monoisotopic (exact) mass is 606 g/mol. The molecule has 0 fully saturated rings. The molecule has 0 saturated carbocycles. The number of anilines is 2. The highest BCUT2D eigenvalue weighted by molar-refractivity contribution is 7.99. The highest BCUT2D eigenvalue weighted by Gasteiger charge is 2.14. The van der Waals surface area contributed by atoms with Crippen molar-refractivity contribution in [1.82, 2.24) is 4.98 Å². The molecule has 4 aromatic carbocycles. The Hall–Kier alpha value is -4.45. The minimum absolute atomic E-state index is 0.593. The number of nitrogens with one attached hydrogen (secondary N) is 1. The molecule has 0 aliphatic carbocycles. The summed E-state index contributed by atoms with van der Waals surface area (Å²) in [5.74, 6) is 2.28. The van der Waals surface area contributed by atoms with Gasteiger partial charge in [0.2, 0.25) is 0 Å². The number of hydrogen-bond acceptors (Lipinski definition) is 8. The fraction of sp³-hybridized carbons (Fsp3) is 0.200. The summed E-state index contributed by atoms with van der Waals surface area (Å²) in [5, 5.41) is 9.22. The van der Waals surface area contributed by atoms with Gasteiger partial charge in [0.15, 0.2) is 0 Å². The standard InChI is InChI=1S/C35H34N4O2S2/c1-25-33(38-42-3)8-5-9-34(25)39(22-28-12-10-27(21-36)11-13-28)23-29-14-16-30(17-15-29)41-32-7-4-6-31(20-32)40-19-18-35-26(2)37-24-43-35/h4-17,20,24,38H,18-19,22-23H2,1-3H3. The van der Waals surface area contributed by atoms with E-state index in [1.165, 1.54) is 16.0 Å². The smallest absolute Gasteiger partial charge is 0.131 e. The van der Waals surface area contributed by atoms with E-state index in [2.05, 4.69) is 57.9 Å². The lowest BCUT2D eigenvalue weighted by molar-refractivity contribution is 0.321. The Morgan fingerprint density at radius 3 is 2.26 bits per heavy atom. The topological polar surface area (TPSA) is 70.4 Å². The first kappa shape index (κ1) is 30.0. The first-order valence-corrected chi connectivity index (χ1v) is 16.1. The van der Waals surface area contributed by atoms with E-state index in [4.69, 9.17) is 9.47 Å². The van der Waals surface area contributed by atoms with Crippen molar-refractivity contribution in [3.05, 3.63) is 129 Å². The molecule has 0 spiro atoms. The largest absolute Gasteiger partial charge is 0.493 e. The lowest BCUT2D eigenvalue weighted by atomic mass is 10.1. The van der Waals surface area contributed by atoms with Gasteiger partial charge in [0, 0.05) is 48.1 Å². The number of aromatic nitrogens is 1. The van der Waals surface area contributed by atoms with Gasteiger partial charge in [-0.25, -0.2) is 4.98 Å². The predicted octanol–water partition coefficient (Wildman–Crippen LogP) is 8.94. The number of hydrogen-bond donors (Lipinski definition) is 1. The first-order valence-electron chi connectivity index (χ1n) is 14.0. The summed E-state index contributed by atoms with van der Waals surface area (Å²) in [7, 11) is 0. The average Bonchev–Trinajstić information content (AvgIpc) is 3.44. The SMILES string of the molecule is CSNc1cccc(N(Cc2ccc(C#N)cc2)Cc2ccc(Oc3cccc(OCCc4scnc4C)c3)cc2)c1C. The van der Waals surface area contributed by atoms with Gasteiger partial charge < -0.3 is 19.1 Å². The number of nitrogens with zero attached hydrogens (tertiary/aromatic N) is 3. The number of ether oxygens (including phenoxy) is 2. The van der Waals surface area contributed by atoms with Gasteiger partial charge in [0.1, 0.15) is 17.2 Å². The Kier molecular flexibility index (Phi) is 10.2. The second-order valence-electron chi connectivity index (χ2n) is 10.1. The van der Waals surface area contributed by atoms with Crippen LogP contribution in [0.3, 0.4) is 0 Å². The van der Waals surface area contributed by atoms with Gasteiger partial charge in [-0.05, 0) is 79.1 Å². The van der Waals surface area contributed by atoms with Gasteiger partial charge in [0.05, 0.1) is 29.4 Å². The maximum atomic E-state index is 9.22. The van der Waals surface area contributed by atoms with Gasteiger partial charge in [0.25, 0.3) is 0 Å². The molecule has 8 heteroatoms. The number of nitriles is 1. The fourth-order valence-corrected chi connectivity index (χ4v) is 6.00. The van der Waals surface area contributed by atoms with Crippen LogP contribution in [-0.2, 0) is 19.5 Å². The van der Waals surface area contributed by atoms with Crippen LogP contribution in [0.4, 0.5) is 11.4 Å². The predicted molar refractivity (Wildman–Crippen MR) is 178 cm³/mol. The Balaban J connectivity index is 1.27. The molecule has 5 aromatic rings. The average molecular weight is 607 g/mol. The minimum Gasteiger partial charge on any atom is -0.493 e. The van der Waals surface area contributed by atoms with Crippen LogP contribution < -0.4 is 19.1 Å². The van der Waals surface area contributed by atoms with Crippen LogP contribution in [0.2, 0.25) is 0 Å². The Morgan fingerprint density at radius 1 is 0.884 bits per heavy atom. The van der Waals surface area contributed by atoms with Crippen LogP contribution in [0.1, 0.15) is 32.8 Å². The quantitative estimate of drug-likeness (QED) is 0.134. The molecule has 0 aliphatic rings. The number of benzene rings is 4. The number of aryl methyl sites for hydroxylation is 1. The van der Waals surface area contributed by atoms with Crippen LogP contribution in [-0.4, -0.2) is 17.8 Å². The summed E-state index contributed by atoms with van der Waals surface area (Å²) in [6.45, 7) is 6.20. The normalized spacial score (nSPS) is 10.7. The van der Waals surface area contributed by atoms with Gasteiger partial charge in [-0.3, -0.25) is 0 Å². The summed E-state index contributed by atoms with van der Waals surface area (Å²) >= 11 is 3.25. The molecule has 0 unspecified atom stereocenters. The zero-order valence-electron chi connectivity index (χ0n) is 24.5. The van der Waals surface area contributed by atoms with Crippen LogP contribution in [0.15, 0.2) is 96.5 Å². The van der Waals surface area contributed by atoms with Crippen molar-refractivity contribution in [1.29, 1.82) is 5.26 Å². The van der Waals surface area contributed by atoms with Crippen LogP contribution >= 0.6 is 23.3 Å². The van der Waals surface area contributed by atoms with Crippen molar-refractivity contribution in [3.63, 3.8) is 0 Å². The highest BCUT2D eigenvalue weighted by atomic mass is 32.2. The van der Waals surface area contributed by atoms with E-state index in [1.54, 1.807) is 23.3 Å². The molecule has 0 amide bonds. The Bertz CT molecular complexity index is 1680. The van der Waals surface area contributed by atoms with Crippen molar-refractivity contribution in [3.8, 4) is 23.3 Å². The van der Waals surface area contributed by atoms with E-state index in [0.717, 1.165) is 46.3 Å². The summed E-state index contributed by atoms with van der Waals surface area (Å²) < 4.78 is 15.6. The van der Waals surface area contributed by atoms with E-state index in [9.17, 15) is 5.26 Å². The van der Waals surface area contributed by atoms with E-state index < -0.39 is 0 Å². The van der Waals surface area contributed by atoms with Crippen LogP contribution in [0.25, 0.3) is 0 Å². The third kappa shape index (κ3) is 8.10. The van der Waals surface area contributed by atoms with Gasteiger partial charge in [-0.1, -0.05) is 48.3 Å². The van der Waals surface area contributed by atoms with Crippen LogP contribution in [0, 0.1) is 25.2 Å². The molecule has 0 radical (unpaired) electrons. The molecular weight excluding hydrogens is 573 g/mol. The van der Waals surface area contributed by atoms with Gasteiger partial charge in [-0.2, -0.15) is 5.26 Å². The molecule has 0 atom stereocenters. The van der Waals surface area contributed by atoms with Crippen molar-refractivity contribution in [2.24, 2.45) is 0 Å². The maximum absolute atomic E-state index is 9.22. The lowest BCUT2D eigenvalue weighted by Gasteiger charge is -2.28. The second-order valence-corrected chi connectivity index (χ2v) is 11.7. The van der Waals surface area contributed by atoms with Crippen molar-refractivity contribution < 1.29 is 9.47 Å². The molecule has 1 N–H and O–H groups in total. The molecule has 1 aromatic heterocycles. The summed E-state index contributed by atoms with van der Waals surface area (Å²) in [6.07, 6.45) is 2.86. The molecule has 0 saturated heterocycles. The third-order valence-electron chi connectivity index (χ3n) is 7.10. The molecule has 0 aliphatic heterocycles.